The van der Waals surface area contributed by atoms with E-state index < -0.39 is 0 Å². The van der Waals surface area contributed by atoms with Gasteiger partial charge < -0.3 is 10.1 Å². The third-order valence-corrected chi connectivity index (χ3v) is 5.09. The van der Waals surface area contributed by atoms with Gasteiger partial charge in [0.1, 0.15) is 5.75 Å². The maximum atomic E-state index is 5.76. The van der Waals surface area contributed by atoms with Gasteiger partial charge in [0.25, 0.3) is 0 Å². The quantitative estimate of drug-likeness (QED) is 0.903. The Kier molecular flexibility index (Phi) is 5.04. The molecule has 3 rings (SSSR count). The van der Waals surface area contributed by atoms with E-state index in [1.165, 1.54) is 51.0 Å². The van der Waals surface area contributed by atoms with Gasteiger partial charge in [-0.25, -0.2) is 0 Å². The Hall–Kier alpha value is -1.06. The van der Waals surface area contributed by atoms with E-state index in [0.29, 0.717) is 11.3 Å². The molecule has 0 atom stereocenters. The molecule has 122 valence electrons. The maximum Gasteiger partial charge on any atom is 0.119 e. The SMILES string of the molecule is CC(C)COc1ccc(CN2CCC3(CCNCC3)C2)cc1. The van der Waals surface area contributed by atoms with Crippen LogP contribution in [-0.2, 0) is 6.54 Å². The van der Waals surface area contributed by atoms with Crippen LogP contribution < -0.4 is 10.1 Å². The fourth-order valence-corrected chi connectivity index (χ4v) is 3.74. The zero-order chi connectivity index (χ0) is 15.4. The van der Waals surface area contributed by atoms with Gasteiger partial charge in [-0.05, 0) is 67.9 Å². The van der Waals surface area contributed by atoms with Crippen LogP contribution in [0.4, 0.5) is 0 Å². The minimum atomic E-state index is 0.574. The van der Waals surface area contributed by atoms with Crippen LogP contribution in [0.5, 0.6) is 5.75 Å². The fraction of sp³-hybridized carbons (Fsp3) is 0.684. The second kappa shape index (κ2) is 7.01. The van der Waals surface area contributed by atoms with E-state index in [2.05, 4.69) is 48.3 Å². The molecule has 1 aromatic rings. The zero-order valence-electron chi connectivity index (χ0n) is 14.1. The predicted octanol–water partition coefficient (Wildman–Crippen LogP) is 3.30. The summed E-state index contributed by atoms with van der Waals surface area (Å²) >= 11 is 0. The molecule has 22 heavy (non-hydrogen) atoms. The topological polar surface area (TPSA) is 24.5 Å². The number of rotatable bonds is 5. The number of hydrogen-bond acceptors (Lipinski definition) is 3. The van der Waals surface area contributed by atoms with E-state index in [4.69, 9.17) is 4.74 Å². The van der Waals surface area contributed by atoms with Gasteiger partial charge in [0.05, 0.1) is 6.61 Å². The highest BCUT2D eigenvalue weighted by atomic mass is 16.5. The monoisotopic (exact) mass is 302 g/mol. The molecule has 0 radical (unpaired) electrons. The van der Waals surface area contributed by atoms with Crippen LogP contribution in [0.2, 0.25) is 0 Å². The van der Waals surface area contributed by atoms with Gasteiger partial charge in [-0.1, -0.05) is 26.0 Å². The van der Waals surface area contributed by atoms with Crippen LogP contribution in [0, 0.1) is 11.3 Å². The molecule has 1 aromatic carbocycles. The summed E-state index contributed by atoms with van der Waals surface area (Å²) in [5, 5.41) is 3.49. The van der Waals surface area contributed by atoms with Crippen molar-refractivity contribution >= 4 is 0 Å². The van der Waals surface area contributed by atoms with Gasteiger partial charge in [0, 0.05) is 13.1 Å². The molecule has 0 aromatic heterocycles. The highest BCUT2D eigenvalue weighted by Crippen LogP contribution is 2.39. The molecule has 1 N–H and O–H groups in total. The fourth-order valence-electron chi connectivity index (χ4n) is 3.74. The van der Waals surface area contributed by atoms with Crippen molar-refractivity contribution in [2.24, 2.45) is 11.3 Å². The van der Waals surface area contributed by atoms with Crippen molar-refractivity contribution in [1.82, 2.24) is 10.2 Å². The summed E-state index contributed by atoms with van der Waals surface area (Å²) in [5.41, 5.74) is 2.01. The minimum Gasteiger partial charge on any atom is -0.493 e. The number of nitrogens with zero attached hydrogens (tertiary/aromatic N) is 1. The first-order chi connectivity index (χ1) is 10.7. The van der Waals surface area contributed by atoms with Crippen LogP contribution in [-0.4, -0.2) is 37.7 Å². The Labute approximate surface area is 135 Å². The van der Waals surface area contributed by atoms with Crippen LogP contribution >= 0.6 is 0 Å². The zero-order valence-corrected chi connectivity index (χ0v) is 14.1. The predicted molar refractivity (Wildman–Crippen MR) is 91.2 cm³/mol. The van der Waals surface area contributed by atoms with Crippen molar-refractivity contribution in [2.45, 2.75) is 39.7 Å². The number of piperidine rings is 1. The lowest BCUT2D eigenvalue weighted by Crippen LogP contribution is -2.38. The minimum absolute atomic E-state index is 0.574. The van der Waals surface area contributed by atoms with Gasteiger partial charge in [-0.3, -0.25) is 4.90 Å². The highest BCUT2D eigenvalue weighted by Gasteiger charge is 2.38. The van der Waals surface area contributed by atoms with Crippen molar-refractivity contribution in [1.29, 1.82) is 0 Å². The summed E-state index contributed by atoms with van der Waals surface area (Å²) in [6.45, 7) is 11.2. The Balaban J connectivity index is 1.51. The van der Waals surface area contributed by atoms with E-state index in [9.17, 15) is 0 Å². The second-order valence-corrected chi connectivity index (χ2v) is 7.56. The smallest absolute Gasteiger partial charge is 0.119 e. The summed E-state index contributed by atoms with van der Waals surface area (Å²) in [6.07, 6.45) is 4.08. The van der Waals surface area contributed by atoms with Crippen LogP contribution in [0.15, 0.2) is 24.3 Å². The first-order valence-corrected chi connectivity index (χ1v) is 8.80. The lowest BCUT2D eigenvalue weighted by molar-refractivity contribution is 0.194. The largest absolute Gasteiger partial charge is 0.493 e. The third-order valence-electron chi connectivity index (χ3n) is 5.09. The van der Waals surface area contributed by atoms with Crippen molar-refractivity contribution in [2.75, 3.05) is 32.8 Å². The van der Waals surface area contributed by atoms with Crippen molar-refractivity contribution in [3.8, 4) is 5.75 Å². The van der Waals surface area contributed by atoms with Gasteiger partial charge >= 0.3 is 0 Å². The first-order valence-electron chi connectivity index (χ1n) is 8.80. The Bertz CT molecular complexity index is 463. The molecule has 3 heteroatoms. The summed E-state index contributed by atoms with van der Waals surface area (Å²) in [6, 6.07) is 8.69. The van der Waals surface area contributed by atoms with Crippen molar-refractivity contribution in [3.05, 3.63) is 29.8 Å². The molecule has 0 saturated carbocycles. The van der Waals surface area contributed by atoms with E-state index >= 15 is 0 Å². The standard InChI is InChI=1S/C19H30N2O/c1-16(2)14-22-18-5-3-17(4-6-18)13-21-12-9-19(15-21)7-10-20-11-8-19/h3-6,16,20H,7-15H2,1-2H3. The third kappa shape index (κ3) is 4.02. The van der Waals surface area contributed by atoms with Gasteiger partial charge in [0.15, 0.2) is 0 Å². The Morgan fingerprint density at radius 1 is 1.14 bits per heavy atom. The van der Waals surface area contributed by atoms with Gasteiger partial charge in [0.2, 0.25) is 0 Å². The molecule has 0 bridgehead atoms. The molecule has 3 nitrogen and oxygen atoms in total. The second-order valence-electron chi connectivity index (χ2n) is 7.56. The molecule has 0 unspecified atom stereocenters. The molecule has 0 amide bonds. The summed E-state index contributed by atoms with van der Waals surface area (Å²) < 4.78 is 5.76. The molecule has 2 saturated heterocycles. The van der Waals surface area contributed by atoms with Crippen molar-refractivity contribution < 1.29 is 4.74 Å². The molecule has 2 aliphatic rings. The number of hydrogen-bond donors (Lipinski definition) is 1. The van der Waals surface area contributed by atoms with E-state index in [0.717, 1.165) is 18.9 Å². The Morgan fingerprint density at radius 2 is 1.86 bits per heavy atom. The molecule has 1 spiro atoms. The lowest BCUT2D eigenvalue weighted by atomic mass is 9.78. The van der Waals surface area contributed by atoms with E-state index in [1.54, 1.807) is 0 Å². The molecule has 2 aliphatic heterocycles. The number of ether oxygens (including phenoxy) is 1. The summed E-state index contributed by atoms with van der Waals surface area (Å²) in [7, 11) is 0. The van der Waals surface area contributed by atoms with Crippen molar-refractivity contribution in [3.63, 3.8) is 0 Å². The Morgan fingerprint density at radius 3 is 2.55 bits per heavy atom. The molecular formula is C19H30N2O. The molecular weight excluding hydrogens is 272 g/mol. The number of likely N-dealkylation sites (tertiary alicyclic amines) is 1. The molecule has 2 fully saturated rings. The van der Waals surface area contributed by atoms with Crippen LogP contribution in [0.3, 0.4) is 0 Å². The van der Waals surface area contributed by atoms with E-state index in [1.807, 2.05) is 0 Å². The van der Waals surface area contributed by atoms with Crippen LogP contribution in [0.1, 0.15) is 38.7 Å². The molecule has 2 heterocycles. The average Bonchev–Trinajstić information content (AvgIpc) is 2.89. The number of nitrogens with one attached hydrogen (secondary N) is 1. The maximum absolute atomic E-state index is 5.76. The lowest BCUT2D eigenvalue weighted by Gasteiger charge is -2.33. The molecule has 0 aliphatic carbocycles. The number of benzene rings is 1. The average molecular weight is 302 g/mol. The highest BCUT2D eigenvalue weighted by molar-refractivity contribution is 5.27. The normalized spacial score (nSPS) is 21.6. The first kappa shape index (κ1) is 15.8. The summed E-state index contributed by atoms with van der Waals surface area (Å²) in [4.78, 5) is 2.63. The van der Waals surface area contributed by atoms with Crippen LogP contribution in [0.25, 0.3) is 0 Å². The summed E-state index contributed by atoms with van der Waals surface area (Å²) in [5.74, 6) is 1.57. The van der Waals surface area contributed by atoms with Gasteiger partial charge in [-0.2, -0.15) is 0 Å². The van der Waals surface area contributed by atoms with Gasteiger partial charge in [-0.15, -0.1) is 0 Å². The van der Waals surface area contributed by atoms with E-state index in [-0.39, 0.29) is 0 Å².